The van der Waals surface area contributed by atoms with E-state index in [1.807, 2.05) is 0 Å². The molecule has 0 bridgehead atoms. The number of hydrogen-bond acceptors (Lipinski definition) is 2. The Morgan fingerprint density at radius 1 is 1.06 bits per heavy atom. The van der Waals surface area contributed by atoms with Crippen LogP contribution >= 0.6 is 0 Å². The molecule has 0 aromatic rings. The van der Waals surface area contributed by atoms with Gasteiger partial charge in [0, 0.05) is 24.7 Å². The molecule has 0 amide bonds. The van der Waals surface area contributed by atoms with Crippen LogP contribution < -0.4 is 10.6 Å². The van der Waals surface area contributed by atoms with Crippen molar-refractivity contribution in [3.8, 4) is 0 Å². The standard InChI is InChI=1S/C14H30N2/c1-11(2)15-10-14(5)8-6-13(7-9-14)16-12(3)4/h11-13,15-16H,6-10H2,1-5H3. The molecular weight excluding hydrogens is 196 g/mol. The van der Waals surface area contributed by atoms with Crippen molar-refractivity contribution in [2.75, 3.05) is 6.54 Å². The van der Waals surface area contributed by atoms with Gasteiger partial charge in [-0.2, -0.15) is 0 Å². The average Bonchev–Trinajstić information content (AvgIpc) is 2.19. The predicted octanol–water partition coefficient (Wildman–Crippen LogP) is 2.93. The highest BCUT2D eigenvalue weighted by molar-refractivity contribution is 4.87. The molecule has 0 radical (unpaired) electrons. The first-order chi connectivity index (χ1) is 7.41. The summed E-state index contributed by atoms with van der Waals surface area (Å²) in [6.07, 6.45) is 5.40. The summed E-state index contributed by atoms with van der Waals surface area (Å²) in [5, 5.41) is 7.25. The fourth-order valence-electron chi connectivity index (χ4n) is 2.58. The predicted molar refractivity (Wildman–Crippen MR) is 71.8 cm³/mol. The van der Waals surface area contributed by atoms with E-state index in [0.717, 1.165) is 6.04 Å². The topological polar surface area (TPSA) is 24.1 Å². The highest BCUT2D eigenvalue weighted by Gasteiger charge is 2.30. The zero-order valence-electron chi connectivity index (χ0n) is 11.8. The van der Waals surface area contributed by atoms with Crippen molar-refractivity contribution in [1.82, 2.24) is 10.6 Å². The molecule has 2 heteroatoms. The third-order valence-electron chi connectivity index (χ3n) is 3.70. The van der Waals surface area contributed by atoms with Gasteiger partial charge in [0.25, 0.3) is 0 Å². The second-order valence-electron chi connectivity index (χ2n) is 6.44. The van der Waals surface area contributed by atoms with Gasteiger partial charge in [0.1, 0.15) is 0 Å². The van der Waals surface area contributed by atoms with Gasteiger partial charge in [0.05, 0.1) is 0 Å². The Bertz CT molecular complexity index is 191. The molecule has 96 valence electrons. The van der Waals surface area contributed by atoms with Crippen LogP contribution in [0.25, 0.3) is 0 Å². The van der Waals surface area contributed by atoms with Gasteiger partial charge in [-0.1, -0.05) is 34.6 Å². The maximum Gasteiger partial charge on any atom is 0.00698 e. The highest BCUT2D eigenvalue weighted by atomic mass is 14.9. The summed E-state index contributed by atoms with van der Waals surface area (Å²) < 4.78 is 0. The van der Waals surface area contributed by atoms with Crippen molar-refractivity contribution in [2.24, 2.45) is 5.41 Å². The summed E-state index contributed by atoms with van der Waals surface area (Å²) in [7, 11) is 0. The molecule has 1 aliphatic rings. The fourth-order valence-corrected chi connectivity index (χ4v) is 2.58. The van der Waals surface area contributed by atoms with Gasteiger partial charge in [0.2, 0.25) is 0 Å². The van der Waals surface area contributed by atoms with E-state index >= 15 is 0 Å². The Kier molecular flexibility index (Phi) is 5.26. The molecular formula is C14H30N2. The van der Waals surface area contributed by atoms with Gasteiger partial charge in [-0.25, -0.2) is 0 Å². The summed E-state index contributed by atoms with van der Waals surface area (Å²) in [4.78, 5) is 0. The van der Waals surface area contributed by atoms with Gasteiger partial charge >= 0.3 is 0 Å². The Balaban J connectivity index is 2.29. The normalized spacial score (nSPS) is 31.3. The lowest BCUT2D eigenvalue weighted by atomic mass is 9.73. The van der Waals surface area contributed by atoms with Crippen molar-refractivity contribution in [2.45, 2.75) is 78.4 Å². The van der Waals surface area contributed by atoms with E-state index in [4.69, 9.17) is 0 Å². The van der Waals surface area contributed by atoms with Crippen molar-refractivity contribution in [3.05, 3.63) is 0 Å². The first kappa shape index (κ1) is 14.0. The van der Waals surface area contributed by atoms with Crippen molar-refractivity contribution < 1.29 is 0 Å². The summed E-state index contributed by atoms with van der Waals surface area (Å²) in [5.74, 6) is 0. The minimum absolute atomic E-state index is 0.527. The van der Waals surface area contributed by atoms with Crippen LogP contribution in [-0.4, -0.2) is 24.7 Å². The Hall–Kier alpha value is -0.0800. The van der Waals surface area contributed by atoms with E-state index in [-0.39, 0.29) is 0 Å². The molecule has 0 saturated heterocycles. The van der Waals surface area contributed by atoms with E-state index in [1.54, 1.807) is 0 Å². The van der Waals surface area contributed by atoms with E-state index < -0.39 is 0 Å². The van der Waals surface area contributed by atoms with Gasteiger partial charge in [-0.05, 0) is 31.1 Å². The average molecular weight is 226 g/mol. The van der Waals surface area contributed by atoms with Gasteiger partial charge in [0.15, 0.2) is 0 Å². The minimum Gasteiger partial charge on any atom is -0.314 e. The van der Waals surface area contributed by atoms with E-state index in [0.29, 0.717) is 17.5 Å². The van der Waals surface area contributed by atoms with Crippen LogP contribution in [0.1, 0.15) is 60.3 Å². The lowest BCUT2D eigenvalue weighted by Gasteiger charge is -2.39. The molecule has 0 aromatic heterocycles. The molecule has 2 N–H and O–H groups in total. The van der Waals surface area contributed by atoms with Crippen molar-refractivity contribution in [1.29, 1.82) is 0 Å². The number of rotatable bonds is 5. The second kappa shape index (κ2) is 6.02. The fraction of sp³-hybridized carbons (Fsp3) is 1.00. The Morgan fingerprint density at radius 3 is 2.06 bits per heavy atom. The molecule has 1 rings (SSSR count). The molecule has 2 nitrogen and oxygen atoms in total. The third-order valence-corrected chi connectivity index (χ3v) is 3.70. The van der Waals surface area contributed by atoms with Gasteiger partial charge < -0.3 is 10.6 Å². The van der Waals surface area contributed by atoms with E-state index in [1.165, 1.54) is 32.2 Å². The van der Waals surface area contributed by atoms with E-state index in [9.17, 15) is 0 Å². The Morgan fingerprint density at radius 2 is 1.62 bits per heavy atom. The SMILES string of the molecule is CC(C)NCC1(C)CCC(NC(C)C)CC1. The van der Waals surface area contributed by atoms with E-state index in [2.05, 4.69) is 45.3 Å². The third kappa shape index (κ3) is 4.84. The van der Waals surface area contributed by atoms with Crippen molar-refractivity contribution in [3.63, 3.8) is 0 Å². The Labute approximate surface area is 102 Å². The van der Waals surface area contributed by atoms with Gasteiger partial charge in [-0.3, -0.25) is 0 Å². The lowest BCUT2D eigenvalue weighted by molar-refractivity contribution is 0.171. The van der Waals surface area contributed by atoms with Gasteiger partial charge in [-0.15, -0.1) is 0 Å². The number of nitrogens with one attached hydrogen (secondary N) is 2. The summed E-state index contributed by atoms with van der Waals surface area (Å²) in [6, 6.07) is 2.00. The summed E-state index contributed by atoms with van der Waals surface area (Å²) in [6.45, 7) is 12.6. The molecule has 0 heterocycles. The molecule has 1 fully saturated rings. The monoisotopic (exact) mass is 226 g/mol. The molecule has 0 spiro atoms. The van der Waals surface area contributed by atoms with Crippen LogP contribution in [0, 0.1) is 5.41 Å². The quantitative estimate of drug-likeness (QED) is 0.753. The highest BCUT2D eigenvalue weighted by Crippen LogP contribution is 2.35. The first-order valence-electron chi connectivity index (χ1n) is 6.91. The van der Waals surface area contributed by atoms with Crippen LogP contribution in [-0.2, 0) is 0 Å². The first-order valence-corrected chi connectivity index (χ1v) is 6.91. The second-order valence-corrected chi connectivity index (χ2v) is 6.44. The zero-order valence-corrected chi connectivity index (χ0v) is 11.8. The summed E-state index contributed by atoms with van der Waals surface area (Å²) >= 11 is 0. The smallest absolute Gasteiger partial charge is 0.00698 e. The van der Waals surface area contributed by atoms with Crippen molar-refractivity contribution >= 4 is 0 Å². The van der Waals surface area contributed by atoms with Crippen LogP contribution in [0.2, 0.25) is 0 Å². The zero-order chi connectivity index (χ0) is 12.2. The molecule has 1 aliphatic carbocycles. The van der Waals surface area contributed by atoms with Crippen LogP contribution in [0.5, 0.6) is 0 Å². The molecule has 0 atom stereocenters. The van der Waals surface area contributed by atoms with Crippen LogP contribution in [0.4, 0.5) is 0 Å². The lowest BCUT2D eigenvalue weighted by Crippen LogP contribution is -2.43. The molecule has 0 aromatic carbocycles. The molecule has 16 heavy (non-hydrogen) atoms. The summed E-state index contributed by atoms with van der Waals surface area (Å²) in [5.41, 5.74) is 0.527. The molecule has 0 aliphatic heterocycles. The number of hydrogen-bond donors (Lipinski definition) is 2. The maximum absolute atomic E-state index is 3.66. The van der Waals surface area contributed by atoms with Crippen LogP contribution in [0.3, 0.4) is 0 Å². The largest absolute Gasteiger partial charge is 0.314 e. The minimum atomic E-state index is 0.527. The molecule has 1 saturated carbocycles. The molecule has 0 unspecified atom stereocenters. The van der Waals surface area contributed by atoms with Crippen LogP contribution in [0.15, 0.2) is 0 Å². The maximum atomic E-state index is 3.66.